The molecule has 2 rings (SSSR count). The third-order valence-electron chi connectivity index (χ3n) is 2.34. The van der Waals surface area contributed by atoms with Gasteiger partial charge in [0.2, 0.25) is 0 Å². The molecule has 1 nitrogen and oxygen atoms in total. The van der Waals surface area contributed by atoms with Crippen molar-refractivity contribution in [2.24, 2.45) is 0 Å². The van der Waals surface area contributed by atoms with E-state index in [2.05, 4.69) is 31.2 Å². The van der Waals surface area contributed by atoms with E-state index in [1.165, 1.54) is 11.1 Å². The van der Waals surface area contributed by atoms with Crippen LogP contribution in [0.3, 0.4) is 0 Å². The van der Waals surface area contributed by atoms with Crippen LogP contribution in [-0.2, 0) is 0 Å². The maximum atomic E-state index is 5.06. The van der Waals surface area contributed by atoms with Crippen LogP contribution in [0.2, 0.25) is 0 Å². The quantitative estimate of drug-likeness (QED) is 0.676. The van der Waals surface area contributed by atoms with Crippen molar-refractivity contribution in [3.05, 3.63) is 60.1 Å². The van der Waals surface area contributed by atoms with E-state index >= 15 is 0 Å². The van der Waals surface area contributed by atoms with Gasteiger partial charge in [0.15, 0.2) is 0 Å². The highest BCUT2D eigenvalue weighted by Gasteiger charge is 2.07. The van der Waals surface area contributed by atoms with Gasteiger partial charge in [0.05, 0.1) is 12.5 Å². The lowest BCUT2D eigenvalue weighted by atomic mass is 9.96. The van der Waals surface area contributed by atoms with Crippen LogP contribution in [0.25, 0.3) is 0 Å². The summed E-state index contributed by atoms with van der Waals surface area (Å²) in [5, 5.41) is 0. The summed E-state index contributed by atoms with van der Waals surface area (Å²) in [6, 6.07) is 12.4. The summed E-state index contributed by atoms with van der Waals surface area (Å²) >= 11 is 0. The van der Waals surface area contributed by atoms with Crippen molar-refractivity contribution in [3.63, 3.8) is 0 Å². The minimum absolute atomic E-state index is 0.417. The first-order valence-electron chi connectivity index (χ1n) is 4.45. The third kappa shape index (κ3) is 1.64. The number of hydrogen-bond acceptors (Lipinski definition) is 1. The Morgan fingerprint density at radius 1 is 1.00 bits per heavy atom. The minimum atomic E-state index is 0.417. The zero-order valence-corrected chi connectivity index (χ0v) is 7.60. The van der Waals surface area contributed by atoms with Crippen LogP contribution in [-0.4, -0.2) is 0 Å². The molecule has 0 saturated heterocycles. The van der Waals surface area contributed by atoms with Gasteiger partial charge < -0.3 is 4.42 Å². The molecule has 0 aliphatic rings. The Hall–Kier alpha value is -1.50. The van der Waals surface area contributed by atoms with Gasteiger partial charge in [-0.25, -0.2) is 0 Å². The highest BCUT2D eigenvalue weighted by atomic mass is 16.3. The zero-order chi connectivity index (χ0) is 9.10. The Balaban J connectivity index is 2.29. The number of furan rings is 1. The summed E-state index contributed by atoms with van der Waals surface area (Å²) in [6.07, 6.45) is 3.52. The molecule has 0 aliphatic heterocycles. The summed E-state index contributed by atoms with van der Waals surface area (Å²) in [4.78, 5) is 0. The molecule has 0 radical (unpaired) electrons. The topological polar surface area (TPSA) is 13.1 Å². The number of rotatable bonds is 2. The van der Waals surface area contributed by atoms with Gasteiger partial charge in [0.1, 0.15) is 0 Å². The maximum absolute atomic E-state index is 5.06. The Bertz CT molecular complexity index is 348. The average molecular weight is 172 g/mol. The summed E-state index contributed by atoms with van der Waals surface area (Å²) in [7, 11) is 0. The van der Waals surface area contributed by atoms with Crippen LogP contribution in [0.5, 0.6) is 0 Å². The molecule has 0 unspecified atom stereocenters. The van der Waals surface area contributed by atoms with Crippen LogP contribution in [0.4, 0.5) is 0 Å². The van der Waals surface area contributed by atoms with Crippen LogP contribution in [0.15, 0.2) is 53.3 Å². The minimum Gasteiger partial charge on any atom is -0.472 e. The van der Waals surface area contributed by atoms with Gasteiger partial charge in [0, 0.05) is 5.92 Å². The first-order valence-corrected chi connectivity index (χ1v) is 4.45. The Morgan fingerprint density at radius 3 is 2.38 bits per heavy atom. The molecule has 66 valence electrons. The van der Waals surface area contributed by atoms with Crippen molar-refractivity contribution >= 4 is 0 Å². The van der Waals surface area contributed by atoms with Crippen molar-refractivity contribution in [2.45, 2.75) is 12.8 Å². The lowest BCUT2D eigenvalue weighted by Gasteiger charge is -2.08. The molecule has 13 heavy (non-hydrogen) atoms. The van der Waals surface area contributed by atoms with Gasteiger partial charge >= 0.3 is 0 Å². The summed E-state index contributed by atoms with van der Waals surface area (Å²) in [5.74, 6) is 0.417. The summed E-state index contributed by atoms with van der Waals surface area (Å²) in [6.45, 7) is 2.18. The van der Waals surface area contributed by atoms with Gasteiger partial charge in [0.25, 0.3) is 0 Å². The molecule has 0 saturated carbocycles. The van der Waals surface area contributed by atoms with E-state index in [0.29, 0.717) is 5.92 Å². The van der Waals surface area contributed by atoms with Crippen LogP contribution in [0, 0.1) is 0 Å². The van der Waals surface area contributed by atoms with Gasteiger partial charge in [-0.1, -0.05) is 37.3 Å². The molecule has 0 fully saturated rings. The standard InChI is InChI=1S/C12H12O/c1-10(12-7-8-13-9-12)11-5-3-2-4-6-11/h2-10H,1H3/t10-/m1/s1. The van der Waals surface area contributed by atoms with Gasteiger partial charge in [-0.15, -0.1) is 0 Å². The SMILES string of the molecule is C[C@H](c1ccccc1)c1ccoc1. The molecule has 0 bridgehead atoms. The van der Waals surface area contributed by atoms with E-state index in [1.54, 1.807) is 12.5 Å². The molecular formula is C12H12O. The predicted octanol–water partition coefficient (Wildman–Crippen LogP) is 3.43. The monoisotopic (exact) mass is 172 g/mol. The highest BCUT2D eigenvalue weighted by molar-refractivity contribution is 5.28. The van der Waals surface area contributed by atoms with Crippen LogP contribution < -0.4 is 0 Å². The summed E-state index contributed by atoms with van der Waals surface area (Å²) < 4.78 is 5.06. The molecule has 0 N–H and O–H groups in total. The second kappa shape index (κ2) is 3.48. The van der Waals surface area contributed by atoms with Crippen molar-refractivity contribution in [1.82, 2.24) is 0 Å². The van der Waals surface area contributed by atoms with Crippen molar-refractivity contribution in [3.8, 4) is 0 Å². The normalized spacial score (nSPS) is 12.7. The van der Waals surface area contributed by atoms with Crippen LogP contribution in [0.1, 0.15) is 24.0 Å². The number of benzene rings is 1. The van der Waals surface area contributed by atoms with Gasteiger partial charge in [-0.2, -0.15) is 0 Å². The first-order chi connectivity index (χ1) is 6.38. The molecule has 1 aromatic carbocycles. The van der Waals surface area contributed by atoms with Crippen LogP contribution >= 0.6 is 0 Å². The predicted molar refractivity (Wildman–Crippen MR) is 52.7 cm³/mol. The molecule has 1 heterocycles. The molecule has 2 aromatic rings. The van der Waals surface area contributed by atoms with Crippen molar-refractivity contribution in [2.75, 3.05) is 0 Å². The molecule has 0 aliphatic carbocycles. The smallest absolute Gasteiger partial charge is 0.0940 e. The lowest BCUT2D eigenvalue weighted by molar-refractivity contribution is 0.562. The summed E-state index contributed by atoms with van der Waals surface area (Å²) in [5.41, 5.74) is 2.55. The first kappa shape index (κ1) is 8.11. The molecule has 0 amide bonds. The van der Waals surface area contributed by atoms with E-state index in [4.69, 9.17) is 4.42 Å². The fourth-order valence-corrected chi connectivity index (χ4v) is 1.46. The van der Waals surface area contributed by atoms with Crippen molar-refractivity contribution < 1.29 is 4.42 Å². The highest BCUT2D eigenvalue weighted by Crippen LogP contribution is 2.23. The van der Waals surface area contributed by atoms with E-state index in [-0.39, 0.29) is 0 Å². The van der Waals surface area contributed by atoms with E-state index in [0.717, 1.165) is 0 Å². The maximum Gasteiger partial charge on any atom is 0.0940 e. The third-order valence-corrected chi connectivity index (χ3v) is 2.34. The van der Waals surface area contributed by atoms with E-state index < -0.39 is 0 Å². The van der Waals surface area contributed by atoms with Crippen molar-refractivity contribution in [1.29, 1.82) is 0 Å². The molecule has 1 atom stereocenters. The Morgan fingerprint density at radius 2 is 1.77 bits per heavy atom. The zero-order valence-electron chi connectivity index (χ0n) is 7.60. The lowest BCUT2D eigenvalue weighted by Crippen LogP contribution is -1.92. The Kier molecular flexibility index (Phi) is 2.17. The molecule has 0 spiro atoms. The fraction of sp³-hybridized carbons (Fsp3) is 0.167. The van der Waals surface area contributed by atoms with E-state index in [1.807, 2.05) is 12.1 Å². The second-order valence-electron chi connectivity index (χ2n) is 3.19. The van der Waals surface area contributed by atoms with E-state index in [9.17, 15) is 0 Å². The number of hydrogen-bond donors (Lipinski definition) is 0. The fourth-order valence-electron chi connectivity index (χ4n) is 1.46. The average Bonchev–Trinajstić information content (AvgIpc) is 2.71. The second-order valence-corrected chi connectivity index (χ2v) is 3.19. The largest absolute Gasteiger partial charge is 0.472 e. The molecular weight excluding hydrogens is 160 g/mol. The molecule has 1 aromatic heterocycles. The molecule has 1 heteroatoms. The Labute approximate surface area is 78.0 Å². The van der Waals surface area contributed by atoms with Gasteiger partial charge in [-0.3, -0.25) is 0 Å². The van der Waals surface area contributed by atoms with Gasteiger partial charge in [-0.05, 0) is 17.2 Å².